The Morgan fingerprint density at radius 3 is 2.65 bits per heavy atom. The Labute approximate surface area is 138 Å². The summed E-state index contributed by atoms with van der Waals surface area (Å²) in [6.45, 7) is 6.59. The molecule has 1 aromatic carbocycles. The van der Waals surface area contributed by atoms with Crippen molar-refractivity contribution in [3.63, 3.8) is 0 Å². The van der Waals surface area contributed by atoms with Crippen molar-refractivity contribution in [3.8, 4) is 0 Å². The summed E-state index contributed by atoms with van der Waals surface area (Å²) in [7, 11) is 0. The van der Waals surface area contributed by atoms with E-state index in [1.807, 2.05) is 6.07 Å². The number of amides is 1. The number of carbonyl (C=O) groups excluding carboxylic acids is 1. The SMILES string of the molecule is CC(C)(C)c1ccc2occ(CC(=O)NC3CCCCC3)c2c1. The Hall–Kier alpha value is -1.77. The predicted octanol–water partition coefficient (Wildman–Crippen LogP) is 4.72. The highest BCUT2D eigenvalue weighted by atomic mass is 16.3. The quantitative estimate of drug-likeness (QED) is 0.890. The van der Waals surface area contributed by atoms with Crippen molar-refractivity contribution in [1.29, 1.82) is 0 Å². The normalized spacial score (nSPS) is 16.7. The molecule has 0 aliphatic heterocycles. The lowest BCUT2D eigenvalue weighted by molar-refractivity contribution is -0.121. The lowest BCUT2D eigenvalue weighted by Gasteiger charge is -2.22. The molecule has 2 aromatic rings. The Morgan fingerprint density at radius 1 is 1.22 bits per heavy atom. The summed E-state index contributed by atoms with van der Waals surface area (Å²) in [5.41, 5.74) is 3.20. The second-order valence-electron chi connectivity index (χ2n) is 7.80. The van der Waals surface area contributed by atoms with Crippen LogP contribution in [0.4, 0.5) is 0 Å². The van der Waals surface area contributed by atoms with Crippen molar-refractivity contribution < 1.29 is 9.21 Å². The number of hydrogen-bond donors (Lipinski definition) is 1. The van der Waals surface area contributed by atoms with Gasteiger partial charge in [-0.15, -0.1) is 0 Å². The fraction of sp³-hybridized carbons (Fsp3) is 0.550. The molecule has 0 radical (unpaired) electrons. The van der Waals surface area contributed by atoms with Gasteiger partial charge in [0, 0.05) is 17.0 Å². The van der Waals surface area contributed by atoms with Gasteiger partial charge in [-0.05, 0) is 36.0 Å². The minimum absolute atomic E-state index is 0.0904. The van der Waals surface area contributed by atoms with Gasteiger partial charge >= 0.3 is 0 Å². The first-order valence-electron chi connectivity index (χ1n) is 8.73. The molecule has 0 atom stereocenters. The number of rotatable bonds is 3. The van der Waals surface area contributed by atoms with E-state index < -0.39 is 0 Å². The predicted molar refractivity (Wildman–Crippen MR) is 93.6 cm³/mol. The monoisotopic (exact) mass is 313 g/mol. The molecule has 1 aromatic heterocycles. The number of hydrogen-bond acceptors (Lipinski definition) is 2. The zero-order valence-corrected chi connectivity index (χ0v) is 14.4. The maximum absolute atomic E-state index is 12.4. The average Bonchev–Trinajstić information content (AvgIpc) is 2.89. The molecule has 124 valence electrons. The molecule has 1 amide bonds. The highest BCUT2D eigenvalue weighted by molar-refractivity contribution is 5.88. The molecule has 0 saturated heterocycles. The molecule has 0 spiro atoms. The van der Waals surface area contributed by atoms with Gasteiger partial charge in [0.15, 0.2) is 0 Å². The highest BCUT2D eigenvalue weighted by Crippen LogP contribution is 2.29. The third-order valence-electron chi connectivity index (χ3n) is 4.84. The average molecular weight is 313 g/mol. The number of benzene rings is 1. The molecule has 3 rings (SSSR count). The summed E-state index contributed by atoms with van der Waals surface area (Å²) in [5.74, 6) is 0.112. The van der Waals surface area contributed by atoms with Gasteiger partial charge in [-0.1, -0.05) is 46.1 Å². The smallest absolute Gasteiger partial charge is 0.224 e. The summed E-state index contributed by atoms with van der Waals surface area (Å²) in [4.78, 5) is 12.4. The van der Waals surface area contributed by atoms with Crippen LogP contribution in [0.15, 0.2) is 28.9 Å². The van der Waals surface area contributed by atoms with Crippen LogP contribution in [-0.2, 0) is 16.6 Å². The second kappa shape index (κ2) is 6.38. The van der Waals surface area contributed by atoms with Crippen molar-refractivity contribution in [2.24, 2.45) is 0 Å². The Morgan fingerprint density at radius 2 is 1.96 bits per heavy atom. The molecular weight excluding hydrogens is 286 g/mol. The van der Waals surface area contributed by atoms with Crippen LogP contribution in [0, 0.1) is 0 Å². The molecular formula is C20H27NO2. The van der Waals surface area contributed by atoms with Gasteiger partial charge in [0.25, 0.3) is 0 Å². The standard InChI is InChI=1S/C20H27NO2/c1-20(2,3)15-9-10-18-17(12-15)14(13-23-18)11-19(22)21-16-7-5-4-6-8-16/h9-10,12-13,16H,4-8,11H2,1-3H3,(H,21,22). The van der Waals surface area contributed by atoms with Crippen molar-refractivity contribution >= 4 is 16.9 Å². The summed E-state index contributed by atoms with van der Waals surface area (Å²) >= 11 is 0. The zero-order chi connectivity index (χ0) is 16.4. The number of furan rings is 1. The van der Waals surface area contributed by atoms with Crippen LogP contribution in [0.2, 0.25) is 0 Å². The van der Waals surface area contributed by atoms with Gasteiger partial charge in [-0.2, -0.15) is 0 Å². The van der Waals surface area contributed by atoms with Gasteiger partial charge in [-0.25, -0.2) is 0 Å². The van der Waals surface area contributed by atoms with E-state index in [1.54, 1.807) is 6.26 Å². The summed E-state index contributed by atoms with van der Waals surface area (Å²) in [5, 5.41) is 4.25. The molecule has 0 bridgehead atoms. The number of nitrogens with one attached hydrogen (secondary N) is 1. The van der Waals surface area contributed by atoms with Gasteiger partial charge in [-0.3, -0.25) is 4.79 Å². The summed E-state index contributed by atoms with van der Waals surface area (Å²) in [6.07, 6.45) is 8.13. The lowest BCUT2D eigenvalue weighted by Crippen LogP contribution is -2.37. The van der Waals surface area contributed by atoms with Crippen LogP contribution in [0.3, 0.4) is 0 Å². The first kappa shape index (κ1) is 16.1. The second-order valence-corrected chi connectivity index (χ2v) is 7.80. The van der Waals surface area contributed by atoms with Gasteiger partial charge in [0.1, 0.15) is 5.58 Å². The van der Waals surface area contributed by atoms with E-state index in [1.165, 1.54) is 24.8 Å². The van der Waals surface area contributed by atoms with E-state index in [9.17, 15) is 4.79 Å². The van der Waals surface area contributed by atoms with E-state index in [0.717, 1.165) is 29.4 Å². The van der Waals surface area contributed by atoms with Gasteiger partial charge in [0.2, 0.25) is 5.91 Å². The van der Waals surface area contributed by atoms with Crippen LogP contribution >= 0.6 is 0 Å². The van der Waals surface area contributed by atoms with Crippen LogP contribution in [-0.4, -0.2) is 11.9 Å². The van der Waals surface area contributed by atoms with E-state index >= 15 is 0 Å². The molecule has 0 unspecified atom stereocenters. The van der Waals surface area contributed by atoms with Crippen molar-refractivity contribution in [1.82, 2.24) is 5.32 Å². The van der Waals surface area contributed by atoms with Crippen LogP contribution < -0.4 is 5.32 Å². The zero-order valence-electron chi connectivity index (χ0n) is 14.4. The van der Waals surface area contributed by atoms with Gasteiger partial charge in [0.05, 0.1) is 12.7 Å². The maximum Gasteiger partial charge on any atom is 0.224 e. The van der Waals surface area contributed by atoms with Crippen LogP contribution in [0.1, 0.15) is 64.0 Å². The molecule has 1 aliphatic rings. The number of carbonyl (C=O) groups is 1. The topological polar surface area (TPSA) is 42.2 Å². The largest absolute Gasteiger partial charge is 0.464 e. The first-order valence-corrected chi connectivity index (χ1v) is 8.73. The van der Waals surface area contributed by atoms with Crippen LogP contribution in [0.5, 0.6) is 0 Å². The molecule has 1 saturated carbocycles. The minimum atomic E-state index is 0.0904. The fourth-order valence-electron chi connectivity index (χ4n) is 3.38. The summed E-state index contributed by atoms with van der Waals surface area (Å²) in [6, 6.07) is 6.65. The highest BCUT2D eigenvalue weighted by Gasteiger charge is 2.19. The first-order chi connectivity index (χ1) is 10.9. The van der Waals surface area contributed by atoms with Crippen molar-refractivity contribution in [2.45, 2.75) is 70.8 Å². The molecule has 3 nitrogen and oxygen atoms in total. The Kier molecular flexibility index (Phi) is 4.47. The molecule has 1 N–H and O–H groups in total. The van der Waals surface area contributed by atoms with E-state index in [4.69, 9.17) is 4.42 Å². The summed E-state index contributed by atoms with van der Waals surface area (Å²) < 4.78 is 5.63. The fourth-order valence-corrected chi connectivity index (χ4v) is 3.38. The molecule has 3 heteroatoms. The third kappa shape index (κ3) is 3.77. The maximum atomic E-state index is 12.4. The van der Waals surface area contributed by atoms with Crippen LogP contribution in [0.25, 0.3) is 11.0 Å². The van der Waals surface area contributed by atoms with Gasteiger partial charge < -0.3 is 9.73 Å². The van der Waals surface area contributed by atoms with E-state index in [0.29, 0.717) is 12.5 Å². The van der Waals surface area contributed by atoms with Crippen molar-refractivity contribution in [3.05, 3.63) is 35.6 Å². The minimum Gasteiger partial charge on any atom is -0.464 e. The third-order valence-corrected chi connectivity index (χ3v) is 4.84. The Balaban J connectivity index is 1.75. The van der Waals surface area contributed by atoms with E-state index in [2.05, 4.69) is 38.2 Å². The molecule has 1 heterocycles. The molecule has 1 fully saturated rings. The molecule has 23 heavy (non-hydrogen) atoms. The number of fused-ring (bicyclic) bond motifs is 1. The van der Waals surface area contributed by atoms with Crippen molar-refractivity contribution in [2.75, 3.05) is 0 Å². The lowest BCUT2D eigenvalue weighted by atomic mass is 9.86. The molecule has 1 aliphatic carbocycles. The Bertz CT molecular complexity index is 687. The van der Waals surface area contributed by atoms with E-state index in [-0.39, 0.29) is 11.3 Å².